The first-order chi connectivity index (χ1) is 13.9. The summed E-state index contributed by atoms with van der Waals surface area (Å²) in [5.74, 6) is 0.321. The van der Waals surface area contributed by atoms with Gasteiger partial charge in [-0.15, -0.1) is 0 Å². The van der Waals surface area contributed by atoms with Crippen molar-refractivity contribution in [2.75, 3.05) is 5.32 Å². The SMILES string of the molecule is CBN/C(C)=C(/N)C(=N)Nc1cc(CC)ncc1/C(=C\CC)c1ccccc1O. The maximum absolute atomic E-state index is 10.4. The minimum Gasteiger partial charge on any atom is -0.507 e. The van der Waals surface area contributed by atoms with Crippen LogP contribution in [0.4, 0.5) is 5.69 Å². The van der Waals surface area contributed by atoms with Crippen LogP contribution in [0.5, 0.6) is 5.75 Å². The van der Waals surface area contributed by atoms with Gasteiger partial charge in [0, 0.05) is 28.7 Å². The molecule has 29 heavy (non-hydrogen) atoms. The maximum Gasteiger partial charge on any atom is 0.229 e. The first kappa shape index (κ1) is 22.1. The predicted octanol–water partition coefficient (Wildman–Crippen LogP) is 3.76. The van der Waals surface area contributed by atoms with Gasteiger partial charge in [-0.25, -0.2) is 0 Å². The molecule has 0 aliphatic rings. The van der Waals surface area contributed by atoms with E-state index in [1.807, 2.05) is 45.8 Å². The third-order valence-electron chi connectivity index (χ3n) is 4.59. The van der Waals surface area contributed by atoms with Gasteiger partial charge in [-0.3, -0.25) is 10.4 Å². The van der Waals surface area contributed by atoms with Crippen molar-refractivity contribution in [1.29, 1.82) is 5.41 Å². The molecule has 2 aromatic rings. The van der Waals surface area contributed by atoms with Crippen LogP contribution in [0, 0.1) is 5.41 Å². The van der Waals surface area contributed by atoms with Crippen molar-refractivity contribution in [3.8, 4) is 5.75 Å². The van der Waals surface area contributed by atoms with E-state index in [9.17, 15) is 5.11 Å². The summed E-state index contributed by atoms with van der Waals surface area (Å²) in [6, 6.07) is 9.17. The summed E-state index contributed by atoms with van der Waals surface area (Å²) >= 11 is 0. The number of phenolic OH excluding ortho intramolecular Hbond substituents is 1. The number of nitrogens with one attached hydrogen (secondary N) is 3. The Labute approximate surface area is 173 Å². The van der Waals surface area contributed by atoms with Crippen LogP contribution in [0.15, 0.2) is 54.0 Å². The van der Waals surface area contributed by atoms with Crippen LogP contribution in [0.2, 0.25) is 6.82 Å². The monoisotopic (exact) mass is 391 g/mol. The number of rotatable bonds is 8. The zero-order chi connectivity index (χ0) is 21.4. The zero-order valence-electron chi connectivity index (χ0n) is 17.6. The van der Waals surface area contributed by atoms with Gasteiger partial charge < -0.3 is 21.4 Å². The van der Waals surface area contributed by atoms with Gasteiger partial charge in [-0.05, 0) is 37.5 Å². The predicted molar refractivity (Wildman–Crippen MR) is 123 cm³/mol. The summed E-state index contributed by atoms with van der Waals surface area (Å²) in [6.45, 7) is 7.91. The Balaban J connectivity index is 2.55. The molecule has 0 saturated carbocycles. The molecule has 6 N–H and O–H groups in total. The van der Waals surface area contributed by atoms with E-state index in [1.54, 1.807) is 18.3 Å². The molecule has 0 atom stereocenters. The van der Waals surface area contributed by atoms with E-state index in [2.05, 4.69) is 21.6 Å². The number of nitrogens with zero attached hydrogens (tertiary/aromatic N) is 1. The quantitative estimate of drug-likeness (QED) is 0.268. The van der Waals surface area contributed by atoms with Crippen molar-refractivity contribution in [2.24, 2.45) is 5.73 Å². The second-order valence-electron chi connectivity index (χ2n) is 6.69. The molecule has 1 heterocycles. The van der Waals surface area contributed by atoms with Crippen molar-refractivity contribution >= 4 is 24.5 Å². The molecule has 0 aliphatic heterocycles. The molecule has 0 aliphatic carbocycles. The van der Waals surface area contributed by atoms with Crippen LogP contribution in [-0.4, -0.2) is 23.3 Å². The van der Waals surface area contributed by atoms with Gasteiger partial charge in [0.25, 0.3) is 0 Å². The number of para-hydroxylation sites is 1. The molecule has 0 fully saturated rings. The molecule has 6 nitrogen and oxygen atoms in total. The molecule has 0 amide bonds. The third kappa shape index (κ3) is 5.41. The number of pyridine rings is 1. The Morgan fingerprint density at radius 1 is 1.28 bits per heavy atom. The van der Waals surface area contributed by atoms with Gasteiger partial charge in [0.15, 0.2) is 0 Å². The van der Waals surface area contributed by atoms with E-state index in [0.717, 1.165) is 54.0 Å². The Bertz CT molecular complexity index is 937. The molecule has 2 rings (SSSR count). The Hall–Kier alpha value is -3.22. The van der Waals surface area contributed by atoms with Crippen molar-refractivity contribution in [2.45, 2.75) is 40.4 Å². The van der Waals surface area contributed by atoms with Crippen LogP contribution in [-0.2, 0) is 6.42 Å². The lowest BCUT2D eigenvalue weighted by atomic mass is 9.95. The van der Waals surface area contributed by atoms with Gasteiger partial charge in [0.05, 0.1) is 11.4 Å². The molecule has 0 radical (unpaired) electrons. The van der Waals surface area contributed by atoms with Crippen molar-refractivity contribution in [3.63, 3.8) is 0 Å². The number of phenols is 1. The number of amidine groups is 1. The molecular weight excluding hydrogens is 361 g/mol. The topological polar surface area (TPSA) is 107 Å². The highest BCUT2D eigenvalue weighted by atomic mass is 16.3. The lowest BCUT2D eigenvalue weighted by molar-refractivity contribution is 0.473. The second-order valence-corrected chi connectivity index (χ2v) is 6.69. The highest BCUT2D eigenvalue weighted by Gasteiger charge is 2.16. The first-order valence-electron chi connectivity index (χ1n) is 9.96. The van der Waals surface area contributed by atoms with E-state index in [-0.39, 0.29) is 11.6 Å². The third-order valence-corrected chi connectivity index (χ3v) is 4.59. The molecule has 0 bridgehead atoms. The second kappa shape index (κ2) is 10.4. The van der Waals surface area contributed by atoms with E-state index >= 15 is 0 Å². The highest BCUT2D eigenvalue weighted by molar-refractivity contribution is 6.31. The number of aromatic nitrogens is 1. The minimum absolute atomic E-state index is 0.117. The lowest BCUT2D eigenvalue weighted by Crippen LogP contribution is -2.26. The number of anilines is 1. The fraction of sp³-hybridized carbons (Fsp3) is 0.273. The van der Waals surface area contributed by atoms with Gasteiger partial charge in [-0.1, -0.05) is 44.9 Å². The molecule has 0 spiro atoms. The van der Waals surface area contributed by atoms with Gasteiger partial charge in [-0.2, -0.15) is 0 Å². The van der Waals surface area contributed by atoms with Gasteiger partial charge in [0.2, 0.25) is 7.41 Å². The Kier molecular flexibility index (Phi) is 7.89. The standard InChI is InChI=1S/C22H30BN5O/c1-5-9-16(17-10-7-8-11-20(17)29)18-13-26-15(6-2)12-19(18)27-22(25)21(24)14(3)28-23-4/h7-13,23,28-29H,5-6,24H2,1-4H3,(H2,25,26,27)/b16-9-,21-14+. The maximum atomic E-state index is 10.4. The van der Waals surface area contributed by atoms with Crippen molar-refractivity contribution in [3.05, 3.63) is 70.8 Å². The number of benzene rings is 1. The number of nitrogens with two attached hydrogens (primary N) is 1. The number of aromatic hydroxyl groups is 1. The van der Waals surface area contributed by atoms with Crippen LogP contribution >= 0.6 is 0 Å². The molecule has 0 saturated heterocycles. The van der Waals surface area contributed by atoms with Crippen LogP contribution < -0.4 is 16.3 Å². The van der Waals surface area contributed by atoms with E-state index in [4.69, 9.17) is 11.1 Å². The number of hydrogen-bond donors (Lipinski definition) is 5. The summed E-state index contributed by atoms with van der Waals surface area (Å²) in [7, 11) is 0.733. The van der Waals surface area contributed by atoms with E-state index in [1.165, 1.54) is 0 Å². The summed E-state index contributed by atoms with van der Waals surface area (Å²) in [4.78, 5) is 4.54. The number of aryl methyl sites for hydroxylation is 1. The van der Waals surface area contributed by atoms with E-state index in [0.29, 0.717) is 5.70 Å². The normalized spacial score (nSPS) is 12.2. The molecular formula is C22H30BN5O. The largest absolute Gasteiger partial charge is 0.507 e. The minimum atomic E-state index is 0.117. The molecule has 152 valence electrons. The molecule has 7 heteroatoms. The fourth-order valence-electron chi connectivity index (χ4n) is 3.03. The highest BCUT2D eigenvalue weighted by Crippen LogP contribution is 2.34. The smallest absolute Gasteiger partial charge is 0.229 e. The fourth-order valence-corrected chi connectivity index (χ4v) is 3.03. The summed E-state index contributed by atoms with van der Waals surface area (Å²) in [5, 5.41) is 25.1. The summed E-state index contributed by atoms with van der Waals surface area (Å²) < 4.78 is 0. The molecule has 1 aromatic heterocycles. The van der Waals surface area contributed by atoms with E-state index < -0.39 is 0 Å². The zero-order valence-corrected chi connectivity index (χ0v) is 17.6. The average Bonchev–Trinajstić information content (AvgIpc) is 2.72. The molecule has 0 unspecified atom stereocenters. The summed E-state index contributed by atoms with van der Waals surface area (Å²) in [5.41, 5.74) is 11.3. The average molecular weight is 391 g/mol. The van der Waals surface area contributed by atoms with Crippen molar-refractivity contribution < 1.29 is 5.11 Å². The number of hydrogen-bond acceptors (Lipinski definition) is 5. The summed E-state index contributed by atoms with van der Waals surface area (Å²) in [6.07, 6.45) is 5.40. The lowest BCUT2D eigenvalue weighted by Gasteiger charge is -2.18. The van der Waals surface area contributed by atoms with Gasteiger partial charge in [0.1, 0.15) is 11.6 Å². The Morgan fingerprint density at radius 3 is 2.62 bits per heavy atom. The molecule has 1 aromatic carbocycles. The number of allylic oxidation sites excluding steroid dienone is 2. The van der Waals surface area contributed by atoms with Crippen LogP contribution in [0.25, 0.3) is 5.57 Å². The van der Waals surface area contributed by atoms with Crippen molar-refractivity contribution in [1.82, 2.24) is 10.2 Å². The van der Waals surface area contributed by atoms with Crippen LogP contribution in [0.3, 0.4) is 0 Å². The van der Waals surface area contributed by atoms with Crippen LogP contribution in [0.1, 0.15) is 44.0 Å². The Morgan fingerprint density at radius 2 is 2.00 bits per heavy atom. The first-order valence-corrected chi connectivity index (χ1v) is 9.96. The van der Waals surface area contributed by atoms with Gasteiger partial charge >= 0.3 is 0 Å².